The molecule has 17 heavy (non-hydrogen) atoms. The molecule has 6 nitrogen and oxygen atoms in total. The fraction of sp³-hybridized carbons (Fsp3) is 0.222. The molecule has 94 valence electrons. The molecule has 0 fully saturated rings. The van der Waals surface area contributed by atoms with E-state index in [1.54, 1.807) is 0 Å². The molecule has 0 spiro atoms. The third-order valence-corrected chi connectivity index (χ3v) is 3.32. The topological polar surface area (TPSA) is 109 Å². The van der Waals surface area contributed by atoms with Crippen LogP contribution in [0.4, 0.5) is 5.69 Å². The summed E-state index contributed by atoms with van der Waals surface area (Å²) in [6, 6.07) is 2.39. The van der Waals surface area contributed by atoms with Crippen molar-refractivity contribution in [1.82, 2.24) is 5.32 Å². The van der Waals surface area contributed by atoms with Crippen LogP contribution in [0, 0.1) is 0 Å². The van der Waals surface area contributed by atoms with Gasteiger partial charge >= 0.3 is 0 Å². The first kappa shape index (κ1) is 13.8. The van der Waals surface area contributed by atoms with Crippen molar-refractivity contribution in [2.45, 2.75) is 18.4 Å². The lowest BCUT2D eigenvalue weighted by Crippen LogP contribution is -2.20. The van der Waals surface area contributed by atoms with Crippen LogP contribution in [0.3, 0.4) is 0 Å². The number of hydrogen-bond acceptors (Lipinski definition) is 4. The number of anilines is 1. The average molecular weight is 279 g/mol. The highest BCUT2D eigenvalue weighted by atomic mass is 35.5. The Labute approximate surface area is 104 Å². The fourth-order valence-corrected chi connectivity index (χ4v) is 2.11. The molecule has 0 atom stereocenters. The second kappa shape index (κ2) is 4.91. The quantitative estimate of drug-likeness (QED) is 0.560. The fourth-order valence-electron chi connectivity index (χ4n) is 1.23. The summed E-state index contributed by atoms with van der Waals surface area (Å²) >= 11 is 5.83. The third-order valence-electron chi connectivity index (χ3n) is 2.05. The third kappa shape index (κ3) is 3.32. The summed E-state index contributed by atoms with van der Waals surface area (Å²) in [5.74, 6) is -0.308. The summed E-state index contributed by atoms with van der Waals surface area (Å²) < 4.78 is 30.9. The molecule has 0 bridgehead atoms. The highest BCUT2D eigenvalue weighted by molar-refractivity contribution is 7.86. The molecule has 0 saturated heterocycles. The maximum atomic E-state index is 11.0. The largest absolute Gasteiger partial charge is 0.397 e. The predicted octanol–water partition coefficient (Wildman–Crippen LogP) is 0.805. The van der Waals surface area contributed by atoms with Crippen molar-refractivity contribution in [3.63, 3.8) is 0 Å². The van der Waals surface area contributed by atoms with Crippen LogP contribution in [0.15, 0.2) is 17.0 Å². The Bertz CT molecular complexity index is 556. The number of carbonyl (C=O) groups is 1. The number of rotatable bonds is 3. The number of nitrogen functional groups attached to an aromatic ring is 1. The van der Waals surface area contributed by atoms with Gasteiger partial charge in [-0.2, -0.15) is 8.42 Å². The SMILES string of the molecule is CC(=O)NCc1c(Cl)ccc(S(=O)(=O)O)c1N. The maximum Gasteiger partial charge on any atom is 0.296 e. The molecule has 0 aliphatic heterocycles. The average Bonchev–Trinajstić information content (AvgIpc) is 2.14. The van der Waals surface area contributed by atoms with Crippen molar-refractivity contribution < 1.29 is 17.8 Å². The number of amides is 1. The van der Waals surface area contributed by atoms with E-state index >= 15 is 0 Å². The van der Waals surface area contributed by atoms with Crippen molar-refractivity contribution in [2.24, 2.45) is 0 Å². The molecular weight excluding hydrogens is 268 g/mol. The lowest BCUT2D eigenvalue weighted by molar-refractivity contribution is -0.119. The van der Waals surface area contributed by atoms with Gasteiger partial charge in [-0.05, 0) is 12.1 Å². The summed E-state index contributed by atoms with van der Waals surface area (Å²) in [6.45, 7) is 1.29. The lowest BCUT2D eigenvalue weighted by atomic mass is 10.2. The molecule has 1 aromatic carbocycles. The summed E-state index contributed by atoms with van der Waals surface area (Å²) in [6.07, 6.45) is 0. The minimum atomic E-state index is -4.41. The van der Waals surface area contributed by atoms with Crippen molar-refractivity contribution in [3.05, 3.63) is 22.7 Å². The molecule has 0 aliphatic rings. The summed E-state index contributed by atoms with van der Waals surface area (Å²) in [7, 11) is -4.41. The van der Waals surface area contributed by atoms with E-state index < -0.39 is 15.0 Å². The monoisotopic (exact) mass is 278 g/mol. The Morgan fingerprint density at radius 3 is 2.59 bits per heavy atom. The zero-order valence-corrected chi connectivity index (χ0v) is 10.5. The van der Waals surface area contributed by atoms with Crippen LogP contribution in [0.2, 0.25) is 5.02 Å². The summed E-state index contributed by atoms with van der Waals surface area (Å²) in [4.78, 5) is 10.3. The first-order valence-electron chi connectivity index (χ1n) is 4.52. The molecule has 0 heterocycles. The Balaban J connectivity index is 3.25. The van der Waals surface area contributed by atoms with E-state index in [9.17, 15) is 13.2 Å². The second-order valence-corrected chi connectivity index (χ2v) is 5.12. The summed E-state index contributed by atoms with van der Waals surface area (Å²) in [5.41, 5.74) is 5.66. The van der Waals surface area contributed by atoms with Crippen molar-refractivity contribution in [3.8, 4) is 0 Å². The summed E-state index contributed by atoms with van der Waals surface area (Å²) in [5, 5.41) is 2.65. The minimum Gasteiger partial charge on any atom is -0.397 e. The molecule has 0 unspecified atom stereocenters. The van der Waals surface area contributed by atoms with E-state index in [1.807, 2.05) is 0 Å². The zero-order chi connectivity index (χ0) is 13.2. The number of nitrogens with one attached hydrogen (secondary N) is 1. The molecule has 0 radical (unpaired) electrons. The number of carbonyl (C=O) groups excluding carboxylic acids is 1. The van der Waals surface area contributed by atoms with Crippen LogP contribution in [0.1, 0.15) is 12.5 Å². The van der Waals surface area contributed by atoms with E-state index in [-0.39, 0.29) is 28.7 Å². The maximum absolute atomic E-state index is 11.0. The Kier molecular flexibility index (Phi) is 3.97. The Morgan fingerprint density at radius 2 is 2.12 bits per heavy atom. The Morgan fingerprint density at radius 1 is 1.53 bits per heavy atom. The smallest absolute Gasteiger partial charge is 0.296 e. The van der Waals surface area contributed by atoms with E-state index in [0.717, 1.165) is 6.07 Å². The van der Waals surface area contributed by atoms with Crippen LogP contribution in [0.5, 0.6) is 0 Å². The van der Waals surface area contributed by atoms with Gasteiger partial charge in [-0.25, -0.2) is 0 Å². The zero-order valence-electron chi connectivity index (χ0n) is 8.90. The standard InChI is InChI=1S/C9H11ClN2O4S/c1-5(13)12-4-6-7(10)2-3-8(9(6)11)17(14,15)16/h2-3H,4,11H2,1H3,(H,12,13)(H,14,15,16). The molecule has 4 N–H and O–H groups in total. The molecule has 0 aromatic heterocycles. The molecule has 0 saturated carbocycles. The molecule has 8 heteroatoms. The van der Waals surface area contributed by atoms with Gasteiger partial charge in [0.2, 0.25) is 5.91 Å². The van der Waals surface area contributed by atoms with E-state index in [1.165, 1.54) is 13.0 Å². The van der Waals surface area contributed by atoms with Gasteiger partial charge in [0, 0.05) is 24.1 Å². The first-order chi connectivity index (χ1) is 7.73. The number of halogens is 1. The van der Waals surface area contributed by atoms with Crippen LogP contribution < -0.4 is 11.1 Å². The normalized spacial score (nSPS) is 11.2. The second-order valence-electron chi connectivity index (χ2n) is 3.32. The first-order valence-corrected chi connectivity index (χ1v) is 6.34. The molecule has 1 aromatic rings. The van der Waals surface area contributed by atoms with Gasteiger partial charge in [0.05, 0.1) is 5.69 Å². The van der Waals surface area contributed by atoms with Crippen LogP contribution in [-0.4, -0.2) is 18.9 Å². The molecule has 0 aliphatic carbocycles. The van der Waals surface area contributed by atoms with Crippen LogP contribution in [-0.2, 0) is 21.5 Å². The van der Waals surface area contributed by atoms with Gasteiger partial charge in [0.25, 0.3) is 10.1 Å². The highest BCUT2D eigenvalue weighted by Gasteiger charge is 2.18. The molecule has 1 rings (SSSR count). The van der Waals surface area contributed by atoms with Crippen molar-refractivity contribution in [1.29, 1.82) is 0 Å². The van der Waals surface area contributed by atoms with Gasteiger partial charge in [-0.15, -0.1) is 0 Å². The van der Waals surface area contributed by atoms with E-state index in [0.29, 0.717) is 0 Å². The highest BCUT2D eigenvalue weighted by Crippen LogP contribution is 2.28. The van der Waals surface area contributed by atoms with Gasteiger partial charge in [0.15, 0.2) is 0 Å². The van der Waals surface area contributed by atoms with Gasteiger partial charge < -0.3 is 11.1 Å². The predicted molar refractivity (Wildman–Crippen MR) is 63.2 cm³/mol. The van der Waals surface area contributed by atoms with Gasteiger partial charge in [-0.3, -0.25) is 9.35 Å². The lowest BCUT2D eigenvalue weighted by Gasteiger charge is -2.11. The Hall–Kier alpha value is -1.31. The number of hydrogen-bond donors (Lipinski definition) is 3. The minimum absolute atomic E-state index is 0.0106. The number of nitrogens with two attached hydrogens (primary N) is 1. The molecule has 1 amide bonds. The van der Waals surface area contributed by atoms with E-state index in [4.69, 9.17) is 21.9 Å². The van der Waals surface area contributed by atoms with Crippen LogP contribution >= 0.6 is 11.6 Å². The van der Waals surface area contributed by atoms with Crippen LogP contribution in [0.25, 0.3) is 0 Å². The van der Waals surface area contributed by atoms with Gasteiger partial charge in [0.1, 0.15) is 4.90 Å². The number of benzene rings is 1. The van der Waals surface area contributed by atoms with Crippen molar-refractivity contribution in [2.75, 3.05) is 5.73 Å². The van der Waals surface area contributed by atoms with Crippen molar-refractivity contribution >= 4 is 33.3 Å². The van der Waals surface area contributed by atoms with E-state index in [2.05, 4.69) is 5.32 Å². The molecular formula is C9H11ClN2O4S. The van der Waals surface area contributed by atoms with Gasteiger partial charge in [-0.1, -0.05) is 11.6 Å².